The van der Waals surface area contributed by atoms with Crippen molar-refractivity contribution in [1.82, 2.24) is 5.32 Å². The minimum absolute atomic E-state index is 0.260. The molecule has 2 nitrogen and oxygen atoms in total. The Labute approximate surface area is 122 Å². The van der Waals surface area contributed by atoms with E-state index in [9.17, 15) is 0 Å². The lowest BCUT2D eigenvalue weighted by molar-refractivity contribution is 0.398. The summed E-state index contributed by atoms with van der Waals surface area (Å²) in [6.45, 7) is 7.38. The van der Waals surface area contributed by atoms with Crippen molar-refractivity contribution >= 4 is 0 Å². The summed E-state index contributed by atoms with van der Waals surface area (Å²) < 4.78 is 5.80. The molecule has 0 fully saturated rings. The van der Waals surface area contributed by atoms with Crippen LogP contribution in [0.5, 0.6) is 0 Å². The number of benzene rings is 1. The first kappa shape index (κ1) is 14.9. The van der Waals surface area contributed by atoms with Gasteiger partial charge in [-0.15, -0.1) is 0 Å². The van der Waals surface area contributed by atoms with E-state index in [4.69, 9.17) is 4.42 Å². The van der Waals surface area contributed by atoms with Crippen molar-refractivity contribution in [2.75, 3.05) is 6.54 Å². The molecule has 2 rings (SSSR count). The number of furan rings is 1. The topological polar surface area (TPSA) is 25.2 Å². The molecule has 108 valence electrons. The van der Waals surface area contributed by atoms with E-state index in [0.29, 0.717) is 0 Å². The van der Waals surface area contributed by atoms with Gasteiger partial charge < -0.3 is 9.73 Å². The summed E-state index contributed by atoms with van der Waals surface area (Å²) in [5.74, 6) is 2.01. The third-order valence-electron chi connectivity index (χ3n) is 3.62. The van der Waals surface area contributed by atoms with E-state index in [1.807, 2.05) is 13.0 Å². The fraction of sp³-hybridized carbons (Fsp3) is 0.444. The van der Waals surface area contributed by atoms with Crippen molar-refractivity contribution in [2.24, 2.45) is 0 Å². The lowest BCUT2D eigenvalue weighted by Gasteiger charge is -2.16. The molecule has 1 heterocycles. The maximum Gasteiger partial charge on any atom is 0.121 e. The molecule has 0 radical (unpaired) electrons. The van der Waals surface area contributed by atoms with Crippen LogP contribution in [0.25, 0.3) is 0 Å². The molecule has 1 atom stereocenters. The van der Waals surface area contributed by atoms with Gasteiger partial charge in [-0.2, -0.15) is 0 Å². The minimum atomic E-state index is 0.260. The van der Waals surface area contributed by atoms with Crippen molar-refractivity contribution in [3.8, 4) is 0 Å². The number of hydrogen-bond donors (Lipinski definition) is 1. The van der Waals surface area contributed by atoms with Crippen LogP contribution >= 0.6 is 0 Å². The van der Waals surface area contributed by atoms with Crippen molar-refractivity contribution < 1.29 is 4.42 Å². The average Bonchev–Trinajstić information content (AvgIpc) is 2.90. The van der Waals surface area contributed by atoms with E-state index in [1.54, 1.807) is 0 Å². The third kappa shape index (κ3) is 3.97. The quantitative estimate of drug-likeness (QED) is 0.805. The van der Waals surface area contributed by atoms with E-state index in [2.05, 4.69) is 49.5 Å². The van der Waals surface area contributed by atoms with Crippen LogP contribution in [-0.4, -0.2) is 6.54 Å². The van der Waals surface area contributed by atoms with E-state index in [1.165, 1.54) is 11.1 Å². The molecule has 1 aromatic heterocycles. The van der Waals surface area contributed by atoms with Crippen molar-refractivity contribution in [2.45, 2.75) is 46.1 Å². The molecular weight excluding hydrogens is 246 g/mol. The van der Waals surface area contributed by atoms with Crippen LogP contribution in [0, 0.1) is 6.92 Å². The normalized spacial score (nSPS) is 12.6. The lowest BCUT2D eigenvalue weighted by atomic mass is 10.0. The first-order valence-electron chi connectivity index (χ1n) is 7.60. The molecule has 2 heteroatoms. The fourth-order valence-electron chi connectivity index (χ4n) is 2.38. The summed E-state index contributed by atoms with van der Waals surface area (Å²) in [5.41, 5.74) is 2.74. The Morgan fingerprint density at radius 1 is 1.00 bits per heavy atom. The summed E-state index contributed by atoms with van der Waals surface area (Å²) in [5, 5.41) is 3.58. The summed E-state index contributed by atoms with van der Waals surface area (Å²) in [6, 6.07) is 13.3. The standard InChI is InChI=1S/C18H25NO/c1-4-12-19-17(18-11-6-14(3)20-18)13-16-9-7-15(5-2)8-10-16/h6-11,17,19H,4-5,12-13H2,1-3H3. The molecule has 0 spiro atoms. The molecule has 0 aliphatic carbocycles. The number of nitrogens with one attached hydrogen (secondary N) is 1. The molecule has 1 N–H and O–H groups in total. The van der Waals surface area contributed by atoms with Gasteiger partial charge in [0.25, 0.3) is 0 Å². The Hall–Kier alpha value is -1.54. The van der Waals surface area contributed by atoms with E-state index < -0.39 is 0 Å². The van der Waals surface area contributed by atoms with Gasteiger partial charge in [0.2, 0.25) is 0 Å². The highest BCUT2D eigenvalue weighted by Gasteiger charge is 2.15. The Morgan fingerprint density at radius 2 is 1.70 bits per heavy atom. The number of rotatable bonds is 7. The summed E-state index contributed by atoms with van der Waals surface area (Å²) in [4.78, 5) is 0. The second kappa shape index (κ2) is 7.30. The molecule has 0 aliphatic heterocycles. The second-order valence-electron chi connectivity index (χ2n) is 5.33. The van der Waals surface area contributed by atoms with Gasteiger partial charge in [0.1, 0.15) is 11.5 Å². The van der Waals surface area contributed by atoms with Crippen LogP contribution in [0.15, 0.2) is 40.8 Å². The van der Waals surface area contributed by atoms with Crippen LogP contribution in [-0.2, 0) is 12.8 Å². The van der Waals surface area contributed by atoms with Gasteiger partial charge in [-0.25, -0.2) is 0 Å². The molecule has 1 unspecified atom stereocenters. The van der Waals surface area contributed by atoms with Crippen molar-refractivity contribution in [3.63, 3.8) is 0 Å². The Kier molecular flexibility index (Phi) is 5.42. The average molecular weight is 271 g/mol. The lowest BCUT2D eigenvalue weighted by Crippen LogP contribution is -2.23. The predicted molar refractivity (Wildman–Crippen MR) is 84.0 cm³/mol. The largest absolute Gasteiger partial charge is 0.465 e. The van der Waals surface area contributed by atoms with Gasteiger partial charge in [0, 0.05) is 0 Å². The maximum absolute atomic E-state index is 5.80. The van der Waals surface area contributed by atoms with E-state index >= 15 is 0 Å². The molecule has 2 aromatic rings. The zero-order chi connectivity index (χ0) is 14.4. The summed E-state index contributed by atoms with van der Waals surface area (Å²) in [6.07, 6.45) is 3.19. The summed E-state index contributed by atoms with van der Waals surface area (Å²) in [7, 11) is 0. The SMILES string of the molecule is CCCNC(Cc1ccc(CC)cc1)c1ccc(C)o1. The van der Waals surface area contributed by atoms with Crippen molar-refractivity contribution in [3.05, 3.63) is 59.0 Å². The zero-order valence-electron chi connectivity index (χ0n) is 12.8. The van der Waals surface area contributed by atoms with Crippen LogP contribution in [0.4, 0.5) is 0 Å². The fourth-order valence-corrected chi connectivity index (χ4v) is 2.38. The third-order valence-corrected chi connectivity index (χ3v) is 3.62. The van der Waals surface area contributed by atoms with Gasteiger partial charge in [-0.3, -0.25) is 0 Å². The van der Waals surface area contributed by atoms with Crippen LogP contribution < -0.4 is 5.32 Å². The Bertz CT molecular complexity index is 512. The van der Waals surface area contributed by atoms with E-state index in [-0.39, 0.29) is 6.04 Å². The first-order chi connectivity index (χ1) is 9.72. The van der Waals surface area contributed by atoms with Gasteiger partial charge in [0.15, 0.2) is 0 Å². The van der Waals surface area contributed by atoms with Gasteiger partial charge in [-0.05, 0) is 56.0 Å². The minimum Gasteiger partial charge on any atom is -0.465 e. The van der Waals surface area contributed by atoms with Gasteiger partial charge in [-0.1, -0.05) is 38.1 Å². The molecular formula is C18H25NO. The molecule has 0 amide bonds. The Balaban J connectivity index is 2.10. The molecule has 0 saturated heterocycles. The predicted octanol–water partition coefficient (Wildman–Crippen LogP) is 4.43. The second-order valence-corrected chi connectivity index (χ2v) is 5.33. The van der Waals surface area contributed by atoms with Gasteiger partial charge in [0.05, 0.1) is 6.04 Å². The molecule has 20 heavy (non-hydrogen) atoms. The maximum atomic E-state index is 5.80. The molecule has 0 aliphatic rings. The zero-order valence-corrected chi connectivity index (χ0v) is 12.8. The molecule has 0 bridgehead atoms. The number of aryl methyl sites for hydroxylation is 2. The van der Waals surface area contributed by atoms with Crippen LogP contribution in [0.3, 0.4) is 0 Å². The molecule has 0 saturated carbocycles. The summed E-state index contributed by atoms with van der Waals surface area (Å²) >= 11 is 0. The van der Waals surface area contributed by atoms with Gasteiger partial charge >= 0.3 is 0 Å². The Morgan fingerprint density at radius 3 is 2.25 bits per heavy atom. The highest BCUT2D eigenvalue weighted by atomic mass is 16.3. The first-order valence-corrected chi connectivity index (χ1v) is 7.60. The molecule has 1 aromatic carbocycles. The van der Waals surface area contributed by atoms with Crippen LogP contribution in [0.1, 0.15) is 49.0 Å². The van der Waals surface area contributed by atoms with Crippen molar-refractivity contribution in [1.29, 1.82) is 0 Å². The highest BCUT2D eigenvalue weighted by Crippen LogP contribution is 2.21. The van der Waals surface area contributed by atoms with Crippen LogP contribution in [0.2, 0.25) is 0 Å². The smallest absolute Gasteiger partial charge is 0.121 e. The monoisotopic (exact) mass is 271 g/mol. The van der Waals surface area contributed by atoms with E-state index in [0.717, 1.165) is 37.3 Å². The number of hydrogen-bond acceptors (Lipinski definition) is 2. The highest BCUT2D eigenvalue weighted by molar-refractivity contribution is 5.24.